The first kappa shape index (κ1) is 20.2. The Morgan fingerprint density at radius 2 is 1.50 bits per heavy atom. The monoisotopic (exact) mass is 359 g/mol. The minimum Gasteiger partial charge on any atom is -0.381 e. The Balaban J connectivity index is 1.47. The van der Waals surface area contributed by atoms with Gasteiger partial charge in [0.1, 0.15) is 0 Å². The van der Waals surface area contributed by atoms with Crippen LogP contribution in [0.4, 0.5) is 0 Å². The summed E-state index contributed by atoms with van der Waals surface area (Å²) in [4.78, 5) is 0. The van der Waals surface area contributed by atoms with E-state index in [9.17, 15) is 5.26 Å². The molecule has 3 aliphatic rings. The molecular formula is C24H41NO. The molecule has 0 amide bonds. The molecule has 0 radical (unpaired) electrons. The van der Waals surface area contributed by atoms with E-state index >= 15 is 0 Å². The van der Waals surface area contributed by atoms with Crippen LogP contribution < -0.4 is 0 Å². The Bertz CT molecular complexity index is 443. The third-order valence-corrected chi connectivity index (χ3v) is 8.46. The molecule has 0 aromatic carbocycles. The van der Waals surface area contributed by atoms with Crippen molar-refractivity contribution in [1.82, 2.24) is 0 Å². The first-order valence-electron chi connectivity index (χ1n) is 11.6. The number of hydrogen-bond donors (Lipinski definition) is 0. The summed E-state index contributed by atoms with van der Waals surface area (Å²) in [7, 11) is 1.84. The number of methoxy groups -OCH3 is 1. The number of nitriles is 1. The zero-order chi connectivity index (χ0) is 18.4. The fourth-order valence-corrected chi connectivity index (χ4v) is 6.53. The van der Waals surface area contributed by atoms with Crippen molar-refractivity contribution in [1.29, 1.82) is 5.26 Å². The lowest BCUT2D eigenvalue weighted by Gasteiger charge is -2.45. The zero-order valence-corrected chi connectivity index (χ0v) is 17.3. The summed E-state index contributed by atoms with van der Waals surface area (Å²) in [5.74, 6) is 3.53. The van der Waals surface area contributed by atoms with Crippen LogP contribution in [0, 0.1) is 40.4 Å². The molecule has 3 saturated carbocycles. The van der Waals surface area contributed by atoms with Gasteiger partial charge in [0.05, 0.1) is 17.6 Å². The lowest BCUT2D eigenvalue weighted by Crippen LogP contribution is -2.38. The molecule has 0 aliphatic heterocycles. The summed E-state index contributed by atoms with van der Waals surface area (Å²) in [5, 5.41) is 10.0. The van der Waals surface area contributed by atoms with Crippen LogP contribution in [0.2, 0.25) is 0 Å². The summed E-state index contributed by atoms with van der Waals surface area (Å²) in [6.07, 6.45) is 20.3. The van der Waals surface area contributed by atoms with Crippen molar-refractivity contribution in [3.05, 3.63) is 0 Å². The molecule has 0 bridgehead atoms. The van der Waals surface area contributed by atoms with E-state index in [4.69, 9.17) is 4.74 Å². The molecule has 2 heteroatoms. The highest BCUT2D eigenvalue weighted by atomic mass is 16.5. The van der Waals surface area contributed by atoms with Crippen LogP contribution in [-0.2, 0) is 4.74 Å². The van der Waals surface area contributed by atoms with Gasteiger partial charge in [-0.15, -0.1) is 0 Å². The number of unbranched alkanes of at least 4 members (excludes halogenated alkanes) is 1. The van der Waals surface area contributed by atoms with Crippen LogP contribution in [0.3, 0.4) is 0 Å². The highest BCUT2D eigenvalue weighted by molar-refractivity contribution is 5.06. The van der Waals surface area contributed by atoms with Crippen molar-refractivity contribution < 1.29 is 4.74 Å². The molecule has 3 aliphatic carbocycles. The van der Waals surface area contributed by atoms with Gasteiger partial charge >= 0.3 is 0 Å². The average molecular weight is 360 g/mol. The van der Waals surface area contributed by atoms with Crippen molar-refractivity contribution in [2.24, 2.45) is 29.1 Å². The maximum Gasteiger partial charge on any atom is 0.0692 e. The van der Waals surface area contributed by atoms with Crippen molar-refractivity contribution in [3.8, 4) is 6.07 Å². The molecule has 26 heavy (non-hydrogen) atoms. The summed E-state index contributed by atoms with van der Waals surface area (Å²) < 4.78 is 5.54. The van der Waals surface area contributed by atoms with Gasteiger partial charge in [-0.05, 0) is 87.9 Å². The molecule has 0 atom stereocenters. The molecule has 0 aromatic rings. The highest BCUT2D eigenvalue weighted by Gasteiger charge is 2.44. The Hall–Kier alpha value is -0.550. The van der Waals surface area contributed by atoms with Crippen LogP contribution in [0.1, 0.15) is 103 Å². The second-order valence-corrected chi connectivity index (χ2v) is 9.74. The number of ether oxygens (including phenoxy) is 1. The summed E-state index contributed by atoms with van der Waals surface area (Å²) in [5.41, 5.74) is -0.00641. The van der Waals surface area contributed by atoms with Gasteiger partial charge in [0.15, 0.2) is 0 Å². The molecule has 0 N–H and O–H groups in total. The van der Waals surface area contributed by atoms with Gasteiger partial charge in [-0.1, -0.05) is 39.0 Å². The van der Waals surface area contributed by atoms with Crippen LogP contribution in [0.15, 0.2) is 0 Å². The molecular weight excluding hydrogens is 318 g/mol. The van der Waals surface area contributed by atoms with Crippen molar-refractivity contribution >= 4 is 0 Å². The third-order valence-electron chi connectivity index (χ3n) is 8.46. The maximum absolute atomic E-state index is 10.0. The van der Waals surface area contributed by atoms with Crippen LogP contribution >= 0.6 is 0 Å². The average Bonchev–Trinajstić information content (AvgIpc) is 2.73. The van der Waals surface area contributed by atoms with Gasteiger partial charge < -0.3 is 4.74 Å². The van der Waals surface area contributed by atoms with Crippen molar-refractivity contribution in [2.75, 3.05) is 7.11 Å². The highest BCUT2D eigenvalue weighted by Crippen LogP contribution is 2.52. The molecule has 0 heterocycles. The van der Waals surface area contributed by atoms with E-state index in [1.54, 1.807) is 0 Å². The number of nitrogens with zero attached hydrogens (tertiary/aromatic N) is 1. The predicted octanol–water partition coefficient (Wildman–Crippen LogP) is 6.89. The minimum absolute atomic E-state index is 0.00641. The van der Waals surface area contributed by atoms with Crippen molar-refractivity contribution in [2.45, 2.75) is 109 Å². The fraction of sp³-hybridized carbons (Fsp3) is 0.958. The molecule has 3 fully saturated rings. The van der Waals surface area contributed by atoms with Crippen LogP contribution in [0.25, 0.3) is 0 Å². The molecule has 2 nitrogen and oxygen atoms in total. The summed E-state index contributed by atoms with van der Waals surface area (Å²) in [6.45, 7) is 2.32. The van der Waals surface area contributed by atoms with E-state index in [1.807, 2.05) is 7.11 Å². The first-order valence-corrected chi connectivity index (χ1v) is 11.6. The van der Waals surface area contributed by atoms with Gasteiger partial charge in [0, 0.05) is 7.11 Å². The quantitative estimate of drug-likeness (QED) is 0.517. The number of hydrogen-bond acceptors (Lipinski definition) is 2. The van der Waals surface area contributed by atoms with E-state index in [0.29, 0.717) is 12.0 Å². The van der Waals surface area contributed by atoms with Gasteiger partial charge in [0.25, 0.3) is 0 Å². The molecule has 0 unspecified atom stereocenters. The van der Waals surface area contributed by atoms with Gasteiger partial charge in [-0.2, -0.15) is 5.26 Å². The summed E-state index contributed by atoms with van der Waals surface area (Å²) in [6, 6.07) is 2.83. The number of rotatable bonds is 6. The largest absolute Gasteiger partial charge is 0.381 e. The lowest BCUT2D eigenvalue weighted by atomic mass is 9.58. The van der Waals surface area contributed by atoms with Crippen LogP contribution in [0.5, 0.6) is 0 Å². The van der Waals surface area contributed by atoms with E-state index in [0.717, 1.165) is 30.6 Å². The second-order valence-electron chi connectivity index (χ2n) is 9.74. The molecule has 3 rings (SSSR count). The Morgan fingerprint density at radius 1 is 0.885 bits per heavy atom. The molecule has 0 aromatic heterocycles. The smallest absolute Gasteiger partial charge is 0.0692 e. The fourth-order valence-electron chi connectivity index (χ4n) is 6.53. The minimum atomic E-state index is -0.00641. The Labute approximate surface area is 162 Å². The molecule has 148 valence electrons. The molecule has 0 saturated heterocycles. The van der Waals surface area contributed by atoms with E-state index in [1.165, 1.54) is 83.5 Å². The Morgan fingerprint density at radius 3 is 2.04 bits per heavy atom. The van der Waals surface area contributed by atoms with E-state index < -0.39 is 0 Å². The van der Waals surface area contributed by atoms with Gasteiger partial charge in [-0.3, -0.25) is 0 Å². The van der Waals surface area contributed by atoms with Gasteiger partial charge in [0.2, 0.25) is 0 Å². The molecule has 0 spiro atoms. The van der Waals surface area contributed by atoms with E-state index in [-0.39, 0.29) is 5.41 Å². The standard InChI is InChI=1S/C24H41NO/c1-3-4-5-19-6-8-20(9-7-19)21-14-16-24(18-25,17-15-21)22-10-12-23(26-2)13-11-22/h19-23H,3-17H2,1-2H3. The predicted molar refractivity (Wildman–Crippen MR) is 108 cm³/mol. The maximum atomic E-state index is 10.0. The van der Waals surface area contributed by atoms with Gasteiger partial charge in [-0.25, -0.2) is 0 Å². The zero-order valence-electron chi connectivity index (χ0n) is 17.3. The topological polar surface area (TPSA) is 33.0 Å². The Kier molecular flexibility index (Phi) is 7.44. The SMILES string of the molecule is CCCCC1CCC(C2CCC(C#N)(C3CCC(OC)CC3)CC2)CC1. The van der Waals surface area contributed by atoms with E-state index in [2.05, 4.69) is 13.0 Å². The third kappa shape index (κ3) is 4.64. The first-order chi connectivity index (χ1) is 12.7. The summed E-state index contributed by atoms with van der Waals surface area (Å²) >= 11 is 0. The normalized spacial score (nSPS) is 41.5. The van der Waals surface area contributed by atoms with Crippen LogP contribution in [-0.4, -0.2) is 13.2 Å². The lowest BCUT2D eigenvalue weighted by molar-refractivity contribution is 0.0155. The second kappa shape index (κ2) is 9.59. The van der Waals surface area contributed by atoms with Crippen molar-refractivity contribution in [3.63, 3.8) is 0 Å².